The molecule has 1 fully saturated rings. The van der Waals surface area contributed by atoms with Gasteiger partial charge in [-0.2, -0.15) is 5.10 Å². The molecule has 2 heterocycles. The zero-order valence-electron chi connectivity index (χ0n) is 12.1. The molecule has 1 aromatic heterocycles. The van der Waals surface area contributed by atoms with E-state index in [0.29, 0.717) is 24.5 Å². The summed E-state index contributed by atoms with van der Waals surface area (Å²) in [6, 6.07) is 0. The van der Waals surface area contributed by atoms with E-state index in [1.54, 1.807) is 11.7 Å². The molecule has 0 bridgehead atoms. The van der Waals surface area contributed by atoms with Crippen molar-refractivity contribution in [3.05, 3.63) is 15.8 Å². The van der Waals surface area contributed by atoms with E-state index in [2.05, 4.69) is 10.4 Å². The van der Waals surface area contributed by atoms with Gasteiger partial charge in [0, 0.05) is 20.2 Å². The fourth-order valence-electron chi connectivity index (χ4n) is 2.58. The number of rotatable bonds is 6. The standard InChI is InChI=1S/C13H22N4O3/c1-3-11-12(17(18)19)13(16(2)15-11)14-8-7-10-6-4-5-9-20-10/h10,14H,3-9H2,1-2H3. The summed E-state index contributed by atoms with van der Waals surface area (Å²) in [4.78, 5) is 10.8. The predicted octanol–water partition coefficient (Wildman–Crippen LogP) is 2.26. The molecule has 0 aromatic carbocycles. The number of ether oxygens (including phenoxy) is 1. The van der Waals surface area contributed by atoms with Crippen molar-refractivity contribution >= 4 is 11.5 Å². The molecule has 7 heteroatoms. The van der Waals surface area contributed by atoms with Crippen LogP contribution in [0, 0.1) is 10.1 Å². The van der Waals surface area contributed by atoms with E-state index in [4.69, 9.17) is 4.74 Å². The maximum Gasteiger partial charge on any atom is 0.333 e. The Bertz CT molecular complexity index is 466. The van der Waals surface area contributed by atoms with E-state index >= 15 is 0 Å². The van der Waals surface area contributed by atoms with Gasteiger partial charge in [-0.3, -0.25) is 10.1 Å². The van der Waals surface area contributed by atoms with Gasteiger partial charge in [0.1, 0.15) is 5.69 Å². The molecule has 0 radical (unpaired) electrons. The number of nitrogens with one attached hydrogen (secondary N) is 1. The van der Waals surface area contributed by atoms with Crippen molar-refractivity contribution in [1.29, 1.82) is 0 Å². The maximum atomic E-state index is 11.2. The smallest absolute Gasteiger partial charge is 0.333 e. The molecule has 1 aromatic rings. The Morgan fingerprint density at radius 3 is 2.95 bits per heavy atom. The lowest BCUT2D eigenvalue weighted by Gasteiger charge is -2.22. The summed E-state index contributed by atoms with van der Waals surface area (Å²) < 4.78 is 7.21. The summed E-state index contributed by atoms with van der Waals surface area (Å²) in [7, 11) is 1.73. The summed E-state index contributed by atoms with van der Waals surface area (Å²) in [5.74, 6) is 0.489. The Morgan fingerprint density at radius 2 is 2.35 bits per heavy atom. The fraction of sp³-hybridized carbons (Fsp3) is 0.769. The molecule has 1 saturated heterocycles. The third kappa shape index (κ3) is 3.27. The molecule has 1 N–H and O–H groups in total. The van der Waals surface area contributed by atoms with Crippen LogP contribution in [0.2, 0.25) is 0 Å². The molecule has 1 aliphatic rings. The second-order valence-corrected chi connectivity index (χ2v) is 5.08. The van der Waals surface area contributed by atoms with Crippen LogP contribution in [0.15, 0.2) is 0 Å². The van der Waals surface area contributed by atoms with Gasteiger partial charge in [-0.1, -0.05) is 6.92 Å². The first kappa shape index (κ1) is 14.8. The molecule has 0 spiro atoms. The fourth-order valence-corrected chi connectivity index (χ4v) is 2.58. The topological polar surface area (TPSA) is 82.2 Å². The molecule has 7 nitrogen and oxygen atoms in total. The number of hydrogen-bond acceptors (Lipinski definition) is 5. The van der Waals surface area contributed by atoms with Crippen molar-refractivity contribution in [2.45, 2.75) is 45.1 Å². The maximum absolute atomic E-state index is 11.2. The average Bonchev–Trinajstić information content (AvgIpc) is 2.77. The van der Waals surface area contributed by atoms with E-state index in [1.165, 1.54) is 6.42 Å². The summed E-state index contributed by atoms with van der Waals surface area (Å²) in [5, 5.41) is 18.5. The van der Waals surface area contributed by atoms with Crippen molar-refractivity contribution in [2.75, 3.05) is 18.5 Å². The Labute approximate surface area is 118 Å². The van der Waals surface area contributed by atoms with Gasteiger partial charge in [0.05, 0.1) is 11.0 Å². The Hall–Kier alpha value is -1.63. The van der Waals surface area contributed by atoms with Gasteiger partial charge < -0.3 is 10.1 Å². The number of aryl methyl sites for hydroxylation is 2. The Kier molecular flexibility index (Phi) is 4.94. The van der Waals surface area contributed by atoms with Crippen LogP contribution in [0.5, 0.6) is 0 Å². The van der Waals surface area contributed by atoms with Crippen LogP contribution in [-0.2, 0) is 18.2 Å². The largest absolute Gasteiger partial charge is 0.378 e. The first-order chi connectivity index (χ1) is 9.63. The molecule has 0 aliphatic carbocycles. The molecule has 1 aliphatic heterocycles. The normalized spacial score (nSPS) is 19.0. The van der Waals surface area contributed by atoms with Crippen LogP contribution in [0.3, 0.4) is 0 Å². The second-order valence-electron chi connectivity index (χ2n) is 5.08. The first-order valence-corrected chi connectivity index (χ1v) is 7.19. The van der Waals surface area contributed by atoms with Crippen LogP contribution in [0.4, 0.5) is 11.5 Å². The van der Waals surface area contributed by atoms with Crippen LogP contribution in [-0.4, -0.2) is 34.0 Å². The quantitative estimate of drug-likeness (QED) is 0.639. The Morgan fingerprint density at radius 1 is 1.55 bits per heavy atom. The zero-order chi connectivity index (χ0) is 14.5. The van der Waals surface area contributed by atoms with Crippen LogP contribution in [0.25, 0.3) is 0 Å². The third-order valence-corrected chi connectivity index (χ3v) is 3.64. The van der Waals surface area contributed by atoms with Crippen molar-refractivity contribution in [1.82, 2.24) is 9.78 Å². The molecule has 1 atom stereocenters. The SMILES string of the molecule is CCc1nn(C)c(NCCC2CCCCO2)c1[N+](=O)[O-]. The molecule has 0 saturated carbocycles. The lowest BCUT2D eigenvalue weighted by Crippen LogP contribution is -2.22. The van der Waals surface area contributed by atoms with E-state index < -0.39 is 0 Å². The molecular weight excluding hydrogens is 260 g/mol. The number of anilines is 1. The van der Waals surface area contributed by atoms with Gasteiger partial charge in [-0.15, -0.1) is 0 Å². The van der Waals surface area contributed by atoms with Crippen LogP contribution in [0.1, 0.15) is 38.3 Å². The molecule has 1 unspecified atom stereocenters. The molecule has 2 rings (SSSR count). The average molecular weight is 282 g/mol. The molecule has 20 heavy (non-hydrogen) atoms. The van der Waals surface area contributed by atoms with Gasteiger partial charge in [0.15, 0.2) is 0 Å². The minimum Gasteiger partial charge on any atom is -0.378 e. The minimum absolute atomic E-state index is 0.0968. The predicted molar refractivity (Wildman–Crippen MR) is 75.9 cm³/mol. The molecular formula is C13H22N4O3. The number of aromatic nitrogens is 2. The van der Waals surface area contributed by atoms with Gasteiger partial charge in [0.2, 0.25) is 5.82 Å². The summed E-state index contributed by atoms with van der Waals surface area (Å²) >= 11 is 0. The lowest BCUT2D eigenvalue weighted by atomic mass is 10.1. The van der Waals surface area contributed by atoms with E-state index in [-0.39, 0.29) is 16.7 Å². The van der Waals surface area contributed by atoms with Gasteiger partial charge in [0.25, 0.3) is 0 Å². The minimum atomic E-state index is -0.356. The number of nitro groups is 1. The zero-order valence-corrected chi connectivity index (χ0v) is 12.1. The molecule has 0 amide bonds. The highest BCUT2D eigenvalue weighted by Gasteiger charge is 2.25. The lowest BCUT2D eigenvalue weighted by molar-refractivity contribution is -0.384. The van der Waals surface area contributed by atoms with E-state index in [9.17, 15) is 10.1 Å². The van der Waals surface area contributed by atoms with Gasteiger partial charge in [-0.25, -0.2) is 4.68 Å². The van der Waals surface area contributed by atoms with Crippen molar-refractivity contribution in [3.8, 4) is 0 Å². The highest BCUT2D eigenvalue weighted by Crippen LogP contribution is 2.28. The second kappa shape index (κ2) is 6.69. The van der Waals surface area contributed by atoms with E-state index in [0.717, 1.165) is 25.9 Å². The third-order valence-electron chi connectivity index (χ3n) is 3.64. The van der Waals surface area contributed by atoms with Crippen LogP contribution >= 0.6 is 0 Å². The number of nitrogens with zero attached hydrogens (tertiary/aromatic N) is 3. The van der Waals surface area contributed by atoms with Gasteiger partial charge >= 0.3 is 5.69 Å². The highest BCUT2D eigenvalue weighted by atomic mass is 16.6. The Balaban J connectivity index is 1.97. The first-order valence-electron chi connectivity index (χ1n) is 7.19. The van der Waals surface area contributed by atoms with E-state index in [1.807, 2.05) is 6.92 Å². The van der Waals surface area contributed by atoms with Gasteiger partial charge in [-0.05, 0) is 32.1 Å². The summed E-state index contributed by atoms with van der Waals surface area (Å²) in [6.45, 7) is 3.36. The molecule has 112 valence electrons. The van der Waals surface area contributed by atoms with Crippen molar-refractivity contribution in [3.63, 3.8) is 0 Å². The highest BCUT2D eigenvalue weighted by molar-refractivity contribution is 5.59. The van der Waals surface area contributed by atoms with Crippen molar-refractivity contribution in [2.24, 2.45) is 7.05 Å². The number of hydrogen-bond donors (Lipinski definition) is 1. The van der Waals surface area contributed by atoms with Crippen LogP contribution < -0.4 is 5.32 Å². The summed E-state index contributed by atoms with van der Waals surface area (Å²) in [6.07, 6.45) is 5.11. The summed E-state index contributed by atoms with van der Waals surface area (Å²) in [5.41, 5.74) is 0.619. The van der Waals surface area contributed by atoms with Crippen molar-refractivity contribution < 1.29 is 9.66 Å². The monoisotopic (exact) mass is 282 g/mol.